The Labute approximate surface area is 173 Å². The molecule has 0 unspecified atom stereocenters. The summed E-state index contributed by atoms with van der Waals surface area (Å²) in [7, 11) is 0. The maximum absolute atomic E-state index is 13.1. The molecule has 2 heterocycles. The number of nitrogens with zero attached hydrogens (tertiary/aromatic N) is 3. The predicted octanol–water partition coefficient (Wildman–Crippen LogP) is 4.12. The summed E-state index contributed by atoms with van der Waals surface area (Å²) in [5.41, 5.74) is 3.75. The van der Waals surface area contributed by atoms with Crippen molar-refractivity contribution in [3.8, 4) is 0 Å². The normalized spacial score (nSPS) is 16.0. The third-order valence-electron chi connectivity index (χ3n) is 5.79. The fourth-order valence-electron chi connectivity index (χ4n) is 4.03. The Morgan fingerprint density at radius 2 is 1.52 bits per heavy atom. The van der Waals surface area contributed by atoms with Crippen molar-refractivity contribution in [3.05, 3.63) is 95.8 Å². The minimum atomic E-state index is 0.0421. The van der Waals surface area contributed by atoms with E-state index in [1.165, 1.54) is 16.7 Å². The second-order valence-corrected chi connectivity index (χ2v) is 7.90. The van der Waals surface area contributed by atoms with Gasteiger partial charge in [0.1, 0.15) is 0 Å². The second-order valence-electron chi connectivity index (χ2n) is 7.90. The summed E-state index contributed by atoms with van der Waals surface area (Å²) in [4.78, 5) is 17.6. The molecule has 1 aliphatic heterocycles. The number of benzene rings is 2. The zero-order chi connectivity index (χ0) is 20.1. The van der Waals surface area contributed by atoms with E-state index in [2.05, 4.69) is 83.4 Å². The molecule has 1 atom stereocenters. The molecule has 0 saturated carbocycles. The maximum Gasteiger partial charge on any atom is 0.225 e. The van der Waals surface area contributed by atoms with E-state index in [9.17, 15) is 4.79 Å². The highest BCUT2D eigenvalue weighted by molar-refractivity contribution is 5.77. The summed E-state index contributed by atoms with van der Waals surface area (Å²) in [5, 5.41) is 0. The Balaban J connectivity index is 1.38. The minimum absolute atomic E-state index is 0.0421. The van der Waals surface area contributed by atoms with Crippen LogP contribution in [0.25, 0.3) is 0 Å². The largest absolute Gasteiger partial charge is 0.346 e. The maximum atomic E-state index is 13.1. The minimum Gasteiger partial charge on any atom is -0.346 e. The standard InChI is InChI=1S/C25H29N3O/c1-21-9-11-23(12-10-21)24(27-13-5-6-14-27)19-25(29)28-17-15-26(16-18-28)20-22-7-3-2-4-8-22/h2-14,24H,15-20H2,1H3/t24-/m1/s1. The van der Waals surface area contributed by atoms with Gasteiger partial charge in [0.15, 0.2) is 0 Å². The predicted molar refractivity (Wildman–Crippen MR) is 117 cm³/mol. The monoisotopic (exact) mass is 387 g/mol. The first-order chi connectivity index (χ1) is 14.2. The summed E-state index contributed by atoms with van der Waals surface area (Å²) >= 11 is 0. The molecular formula is C25H29N3O. The van der Waals surface area contributed by atoms with E-state index in [1.807, 2.05) is 17.0 Å². The van der Waals surface area contributed by atoms with Gasteiger partial charge < -0.3 is 9.47 Å². The quantitative estimate of drug-likeness (QED) is 0.636. The van der Waals surface area contributed by atoms with Crippen molar-refractivity contribution in [3.63, 3.8) is 0 Å². The van der Waals surface area contributed by atoms with Gasteiger partial charge in [-0.05, 0) is 30.2 Å². The highest BCUT2D eigenvalue weighted by Crippen LogP contribution is 2.24. The van der Waals surface area contributed by atoms with Crippen LogP contribution >= 0.6 is 0 Å². The third-order valence-corrected chi connectivity index (χ3v) is 5.79. The smallest absolute Gasteiger partial charge is 0.225 e. The summed E-state index contributed by atoms with van der Waals surface area (Å²) in [6.45, 7) is 6.52. The molecule has 4 heteroatoms. The van der Waals surface area contributed by atoms with Crippen LogP contribution in [-0.2, 0) is 11.3 Å². The second kappa shape index (κ2) is 9.10. The van der Waals surface area contributed by atoms with Crippen molar-refractivity contribution in [2.75, 3.05) is 26.2 Å². The van der Waals surface area contributed by atoms with Gasteiger partial charge in [0, 0.05) is 45.1 Å². The third kappa shape index (κ3) is 4.96. The highest BCUT2D eigenvalue weighted by Gasteiger charge is 2.25. The van der Waals surface area contributed by atoms with Crippen LogP contribution in [0.15, 0.2) is 79.1 Å². The van der Waals surface area contributed by atoms with Crippen molar-refractivity contribution in [1.82, 2.24) is 14.4 Å². The lowest BCUT2D eigenvalue weighted by Gasteiger charge is -2.35. The highest BCUT2D eigenvalue weighted by atomic mass is 16.2. The average molecular weight is 388 g/mol. The van der Waals surface area contributed by atoms with Gasteiger partial charge in [-0.3, -0.25) is 9.69 Å². The number of hydrogen-bond acceptors (Lipinski definition) is 2. The van der Waals surface area contributed by atoms with Crippen LogP contribution in [0.5, 0.6) is 0 Å². The Kier molecular flexibility index (Phi) is 6.11. The molecule has 0 bridgehead atoms. The lowest BCUT2D eigenvalue weighted by atomic mass is 10.0. The molecule has 150 valence electrons. The Morgan fingerprint density at radius 1 is 0.862 bits per heavy atom. The first-order valence-corrected chi connectivity index (χ1v) is 10.4. The molecule has 0 N–H and O–H groups in total. The molecule has 4 nitrogen and oxygen atoms in total. The van der Waals surface area contributed by atoms with Crippen molar-refractivity contribution in [2.24, 2.45) is 0 Å². The molecule has 0 aliphatic carbocycles. The van der Waals surface area contributed by atoms with Gasteiger partial charge in [-0.15, -0.1) is 0 Å². The lowest BCUT2D eigenvalue weighted by Crippen LogP contribution is -2.48. The van der Waals surface area contributed by atoms with Gasteiger partial charge in [0.2, 0.25) is 5.91 Å². The lowest BCUT2D eigenvalue weighted by molar-refractivity contribution is -0.133. The van der Waals surface area contributed by atoms with Crippen LogP contribution in [0.2, 0.25) is 0 Å². The van der Waals surface area contributed by atoms with Crippen molar-refractivity contribution >= 4 is 5.91 Å². The molecule has 1 amide bonds. The number of aryl methyl sites for hydroxylation is 1. The summed E-state index contributed by atoms with van der Waals surface area (Å²) in [5.74, 6) is 0.239. The van der Waals surface area contributed by atoms with Crippen LogP contribution in [0, 0.1) is 6.92 Å². The van der Waals surface area contributed by atoms with Crippen LogP contribution in [0.3, 0.4) is 0 Å². The van der Waals surface area contributed by atoms with Gasteiger partial charge in [-0.25, -0.2) is 0 Å². The van der Waals surface area contributed by atoms with E-state index in [0.29, 0.717) is 6.42 Å². The zero-order valence-electron chi connectivity index (χ0n) is 17.1. The first-order valence-electron chi connectivity index (χ1n) is 10.4. The van der Waals surface area contributed by atoms with Gasteiger partial charge in [-0.2, -0.15) is 0 Å². The van der Waals surface area contributed by atoms with Crippen LogP contribution in [-0.4, -0.2) is 46.5 Å². The van der Waals surface area contributed by atoms with Gasteiger partial charge in [0.05, 0.1) is 12.5 Å². The molecule has 2 aromatic carbocycles. The molecule has 3 aromatic rings. The SMILES string of the molecule is Cc1ccc([C@@H](CC(=O)N2CCN(Cc3ccccc3)CC2)n2cccc2)cc1. The molecule has 1 fully saturated rings. The van der Waals surface area contributed by atoms with E-state index in [-0.39, 0.29) is 11.9 Å². The topological polar surface area (TPSA) is 28.5 Å². The zero-order valence-corrected chi connectivity index (χ0v) is 17.1. The van der Waals surface area contributed by atoms with Crippen molar-refractivity contribution in [1.29, 1.82) is 0 Å². The molecule has 0 radical (unpaired) electrons. The Morgan fingerprint density at radius 3 is 2.17 bits per heavy atom. The first kappa shape index (κ1) is 19.5. The number of amides is 1. The number of piperazine rings is 1. The number of hydrogen-bond donors (Lipinski definition) is 0. The van der Waals surface area contributed by atoms with Crippen molar-refractivity contribution < 1.29 is 4.79 Å². The average Bonchev–Trinajstić information content (AvgIpc) is 3.28. The fraction of sp³-hybridized carbons (Fsp3) is 0.320. The van der Waals surface area contributed by atoms with Gasteiger partial charge in [0.25, 0.3) is 0 Å². The number of carbonyl (C=O) groups is 1. The van der Waals surface area contributed by atoms with Crippen LogP contribution in [0.1, 0.15) is 29.2 Å². The molecule has 4 rings (SSSR count). The van der Waals surface area contributed by atoms with E-state index < -0.39 is 0 Å². The fourth-order valence-corrected chi connectivity index (χ4v) is 4.03. The van der Waals surface area contributed by atoms with E-state index in [1.54, 1.807) is 0 Å². The van der Waals surface area contributed by atoms with E-state index >= 15 is 0 Å². The Hall–Kier alpha value is -2.85. The number of aromatic nitrogens is 1. The van der Waals surface area contributed by atoms with Crippen molar-refractivity contribution in [2.45, 2.75) is 25.9 Å². The summed E-state index contributed by atoms with van der Waals surface area (Å²) < 4.78 is 2.15. The summed E-state index contributed by atoms with van der Waals surface area (Å²) in [6, 6.07) is 23.2. The molecule has 1 aliphatic rings. The molecule has 1 aromatic heterocycles. The van der Waals surface area contributed by atoms with E-state index in [4.69, 9.17) is 0 Å². The van der Waals surface area contributed by atoms with E-state index in [0.717, 1.165) is 32.7 Å². The number of carbonyl (C=O) groups excluding carboxylic acids is 1. The van der Waals surface area contributed by atoms with Gasteiger partial charge in [-0.1, -0.05) is 60.2 Å². The molecule has 0 spiro atoms. The summed E-state index contributed by atoms with van der Waals surface area (Å²) in [6.07, 6.45) is 4.60. The molecule has 29 heavy (non-hydrogen) atoms. The van der Waals surface area contributed by atoms with Crippen LogP contribution < -0.4 is 0 Å². The molecular weight excluding hydrogens is 358 g/mol. The Bertz CT molecular complexity index is 895. The van der Waals surface area contributed by atoms with Crippen LogP contribution in [0.4, 0.5) is 0 Å². The van der Waals surface area contributed by atoms with Gasteiger partial charge >= 0.3 is 0 Å². The number of rotatable bonds is 6. The molecule has 1 saturated heterocycles.